The van der Waals surface area contributed by atoms with Gasteiger partial charge in [0, 0.05) is 16.8 Å². The van der Waals surface area contributed by atoms with Crippen LogP contribution in [-0.2, 0) is 0 Å². The minimum atomic E-state index is -0.188. The van der Waals surface area contributed by atoms with Gasteiger partial charge in [-0.05, 0) is 55.8 Å². The zero-order valence-electron chi connectivity index (χ0n) is 15.7. The summed E-state index contributed by atoms with van der Waals surface area (Å²) in [6.45, 7) is 3.90. The number of pyridine rings is 1. The number of nitrogens with zero attached hydrogens (tertiary/aromatic N) is 2. The van der Waals surface area contributed by atoms with Crippen molar-refractivity contribution in [3.8, 4) is 0 Å². The number of carbonyl (C=O) groups is 1. The fraction of sp³-hybridized carbons (Fsp3) is 0.0833. The molecule has 0 aliphatic carbocycles. The molecular weight excluding hydrogens is 368 g/mol. The van der Waals surface area contributed by atoms with E-state index in [9.17, 15) is 4.79 Å². The Morgan fingerprint density at radius 1 is 0.893 bits per heavy atom. The molecule has 1 aromatic heterocycles. The van der Waals surface area contributed by atoms with Crippen molar-refractivity contribution in [2.45, 2.75) is 13.8 Å². The largest absolute Gasteiger partial charge is 0.275 e. The third-order valence-corrected chi connectivity index (χ3v) is 4.96. The van der Waals surface area contributed by atoms with Crippen molar-refractivity contribution in [2.24, 2.45) is 0 Å². The molecule has 28 heavy (non-hydrogen) atoms. The number of anilines is 2. The van der Waals surface area contributed by atoms with E-state index in [0.717, 1.165) is 33.5 Å². The number of hydrogen-bond acceptors (Lipinski definition) is 2. The molecule has 4 rings (SSSR count). The first-order valence-corrected chi connectivity index (χ1v) is 9.44. The number of halogens is 1. The van der Waals surface area contributed by atoms with Gasteiger partial charge in [-0.25, -0.2) is 0 Å². The molecule has 0 atom stereocenters. The van der Waals surface area contributed by atoms with Gasteiger partial charge in [0.2, 0.25) is 0 Å². The molecule has 0 saturated carbocycles. The third kappa shape index (κ3) is 3.37. The second-order valence-corrected chi connectivity index (χ2v) is 7.17. The first-order chi connectivity index (χ1) is 13.5. The molecule has 1 heterocycles. The van der Waals surface area contributed by atoms with Gasteiger partial charge in [-0.2, -0.15) is 0 Å². The van der Waals surface area contributed by atoms with E-state index in [0.29, 0.717) is 10.6 Å². The molecule has 1 amide bonds. The Morgan fingerprint density at radius 3 is 2.43 bits per heavy atom. The van der Waals surface area contributed by atoms with Crippen LogP contribution in [0.3, 0.4) is 0 Å². The van der Waals surface area contributed by atoms with Crippen molar-refractivity contribution in [3.63, 3.8) is 0 Å². The summed E-state index contributed by atoms with van der Waals surface area (Å²) >= 11 is 6.42. The first kappa shape index (κ1) is 18.2. The molecule has 3 aromatic carbocycles. The van der Waals surface area contributed by atoms with Crippen molar-refractivity contribution in [1.82, 2.24) is 4.98 Å². The smallest absolute Gasteiger partial charge is 0.264 e. The molecule has 0 bridgehead atoms. The Hall–Kier alpha value is -3.17. The lowest BCUT2D eigenvalue weighted by Crippen LogP contribution is -2.26. The van der Waals surface area contributed by atoms with Crippen LogP contribution < -0.4 is 4.90 Å². The van der Waals surface area contributed by atoms with Crippen molar-refractivity contribution < 1.29 is 4.79 Å². The lowest BCUT2D eigenvalue weighted by molar-refractivity contribution is 0.0999. The highest BCUT2D eigenvalue weighted by Crippen LogP contribution is 2.34. The van der Waals surface area contributed by atoms with E-state index in [2.05, 4.69) is 0 Å². The van der Waals surface area contributed by atoms with E-state index in [-0.39, 0.29) is 5.91 Å². The summed E-state index contributed by atoms with van der Waals surface area (Å²) in [4.78, 5) is 20.0. The standard InChI is InChI=1S/C24H19ClN2O/c1-16-11-14-20(21(25)15-16)24(28)27(19-8-4-3-5-9-19)22-10-6-7-18-13-12-17(2)26-23(18)22/h3-15H,1-2H3. The molecule has 4 heteroatoms. The van der Waals surface area contributed by atoms with E-state index in [4.69, 9.17) is 16.6 Å². The zero-order chi connectivity index (χ0) is 19.7. The number of hydrogen-bond donors (Lipinski definition) is 0. The Balaban J connectivity index is 1.96. The molecule has 0 radical (unpaired) electrons. The van der Waals surface area contributed by atoms with Gasteiger partial charge >= 0.3 is 0 Å². The molecular formula is C24H19ClN2O. The van der Waals surface area contributed by atoms with Gasteiger partial charge in [-0.3, -0.25) is 14.7 Å². The average molecular weight is 387 g/mol. The maximum atomic E-state index is 13.6. The van der Waals surface area contributed by atoms with E-state index in [1.165, 1.54) is 0 Å². The minimum Gasteiger partial charge on any atom is -0.275 e. The number of fused-ring (bicyclic) bond motifs is 1. The van der Waals surface area contributed by atoms with Crippen LogP contribution in [0.25, 0.3) is 10.9 Å². The van der Waals surface area contributed by atoms with Crippen LogP contribution in [0.4, 0.5) is 11.4 Å². The normalized spacial score (nSPS) is 10.8. The topological polar surface area (TPSA) is 33.2 Å². The Morgan fingerprint density at radius 2 is 1.68 bits per heavy atom. The zero-order valence-corrected chi connectivity index (χ0v) is 16.4. The molecule has 138 valence electrons. The van der Waals surface area contributed by atoms with Crippen LogP contribution >= 0.6 is 11.6 Å². The summed E-state index contributed by atoms with van der Waals surface area (Å²) in [5, 5.41) is 1.42. The van der Waals surface area contributed by atoms with Crippen LogP contribution in [0.1, 0.15) is 21.6 Å². The summed E-state index contributed by atoms with van der Waals surface area (Å²) in [6, 6.07) is 24.9. The van der Waals surface area contributed by atoms with Crippen LogP contribution in [-0.4, -0.2) is 10.9 Å². The van der Waals surface area contributed by atoms with Gasteiger partial charge in [0.1, 0.15) is 0 Å². The highest BCUT2D eigenvalue weighted by molar-refractivity contribution is 6.35. The van der Waals surface area contributed by atoms with Crippen LogP contribution in [0.5, 0.6) is 0 Å². The van der Waals surface area contributed by atoms with Gasteiger partial charge in [0.15, 0.2) is 0 Å². The predicted octanol–water partition coefficient (Wildman–Crippen LogP) is 6.48. The molecule has 4 aromatic rings. The van der Waals surface area contributed by atoms with Crippen molar-refractivity contribution in [3.05, 3.63) is 101 Å². The lowest BCUT2D eigenvalue weighted by atomic mass is 10.1. The van der Waals surface area contributed by atoms with Gasteiger partial charge in [0.25, 0.3) is 5.91 Å². The van der Waals surface area contributed by atoms with E-state index < -0.39 is 0 Å². The fourth-order valence-corrected chi connectivity index (χ4v) is 3.58. The number of aromatic nitrogens is 1. The summed E-state index contributed by atoms with van der Waals surface area (Å²) < 4.78 is 0. The van der Waals surface area contributed by atoms with Crippen molar-refractivity contribution in [1.29, 1.82) is 0 Å². The van der Waals surface area contributed by atoms with Crippen LogP contribution in [0, 0.1) is 13.8 Å². The monoisotopic (exact) mass is 386 g/mol. The Kier molecular flexibility index (Phi) is 4.84. The second kappa shape index (κ2) is 7.45. The number of rotatable bonds is 3. The molecule has 0 spiro atoms. The molecule has 0 aliphatic rings. The molecule has 0 unspecified atom stereocenters. The van der Waals surface area contributed by atoms with E-state index in [1.54, 1.807) is 11.0 Å². The SMILES string of the molecule is Cc1ccc(C(=O)N(c2ccccc2)c2cccc3ccc(C)nc23)c(Cl)c1. The summed E-state index contributed by atoms with van der Waals surface area (Å²) in [5.74, 6) is -0.188. The predicted molar refractivity (Wildman–Crippen MR) is 116 cm³/mol. The summed E-state index contributed by atoms with van der Waals surface area (Å²) in [7, 11) is 0. The number of aryl methyl sites for hydroxylation is 2. The van der Waals surface area contributed by atoms with Crippen LogP contribution in [0.15, 0.2) is 78.9 Å². The summed E-state index contributed by atoms with van der Waals surface area (Å²) in [6.07, 6.45) is 0. The van der Waals surface area contributed by atoms with Crippen molar-refractivity contribution in [2.75, 3.05) is 4.90 Å². The van der Waals surface area contributed by atoms with E-state index >= 15 is 0 Å². The third-order valence-electron chi connectivity index (χ3n) is 4.65. The van der Waals surface area contributed by atoms with Crippen molar-refractivity contribution >= 4 is 39.8 Å². The van der Waals surface area contributed by atoms with Gasteiger partial charge < -0.3 is 0 Å². The number of carbonyl (C=O) groups excluding carboxylic acids is 1. The van der Waals surface area contributed by atoms with Gasteiger partial charge in [-0.15, -0.1) is 0 Å². The van der Waals surface area contributed by atoms with Gasteiger partial charge in [-0.1, -0.05) is 54.1 Å². The average Bonchev–Trinajstić information content (AvgIpc) is 2.69. The molecule has 0 fully saturated rings. The number of para-hydroxylation sites is 2. The molecule has 0 saturated heterocycles. The van der Waals surface area contributed by atoms with Crippen LogP contribution in [0.2, 0.25) is 5.02 Å². The Bertz CT molecular complexity index is 1170. The minimum absolute atomic E-state index is 0.188. The van der Waals surface area contributed by atoms with E-state index in [1.807, 2.05) is 86.6 Å². The Labute approximate surface area is 169 Å². The number of benzene rings is 3. The maximum Gasteiger partial charge on any atom is 0.264 e. The number of amides is 1. The second-order valence-electron chi connectivity index (χ2n) is 6.76. The maximum absolute atomic E-state index is 13.6. The molecule has 3 nitrogen and oxygen atoms in total. The lowest BCUT2D eigenvalue weighted by Gasteiger charge is -2.25. The molecule has 0 N–H and O–H groups in total. The highest BCUT2D eigenvalue weighted by atomic mass is 35.5. The molecule has 0 aliphatic heterocycles. The van der Waals surface area contributed by atoms with Gasteiger partial charge in [0.05, 0.1) is 21.8 Å². The quantitative estimate of drug-likeness (QED) is 0.403. The first-order valence-electron chi connectivity index (χ1n) is 9.06. The fourth-order valence-electron chi connectivity index (χ4n) is 3.27. The summed E-state index contributed by atoms with van der Waals surface area (Å²) in [5.41, 5.74) is 4.64. The highest BCUT2D eigenvalue weighted by Gasteiger charge is 2.24.